The molecule has 2 saturated heterocycles. The molecule has 3 heterocycles. The van der Waals surface area contributed by atoms with E-state index in [1.165, 1.54) is 0 Å². The van der Waals surface area contributed by atoms with Crippen molar-refractivity contribution in [2.24, 2.45) is 0 Å². The number of aryl methyl sites for hydroxylation is 2. The molecule has 2 atom stereocenters. The van der Waals surface area contributed by atoms with Crippen molar-refractivity contribution >= 4 is 5.91 Å². The zero-order valence-corrected chi connectivity index (χ0v) is 13.7. The third-order valence-electron chi connectivity index (χ3n) is 4.81. The van der Waals surface area contributed by atoms with E-state index in [0.717, 1.165) is 50.4 Å². The van der Waals surface area contributed by atoms with Gasteiger partial charge in [-0.05, 0) is 33.1 Å². The first-order chi connectivity index (χ1) is 10.6. The molecule has 0 saturated carbocycles. The Morgan fingerprint density at radius 3 is 2.68 bits per heavy atom. The molecule has 0 bridgehead atoms. The van der Waals surface area contributed by atoms with E-state index < -0.39 is 0 Å². The topological polar surface area (TPSA) is 58.8 Å². The lowest BCUT2D eigenvalue weighted by Gasteiger charge is -2.26. The molecule has 2 aliphatic rings. The second-order valence-electron chi connectivity index (χ2n) is 6.32. The number of carbonyl (C=O) groups is 1. The quantitative estimate of drug-likeness (QED) is 0.844. The molecule has 0 spiro atoms. The van der Waals surface area contributed by atoms with Crippen LogP contribution in [0.15, 0.2) is 4.42 Å². The molecule has 1 aromatic rings. The van der Waals surface area contributed by atoms with Crippen molar-refractivity contribution in [3.05, 3.63) is 17.3 Å². The summed E-state index contributed by atoms with van der Waals surface area (Å²) in [7, 11) is 1.71. The number of aromatic nitrogens is 1. The normalized spacial score (nSPS) is 26.0. The lowest BCUT2D eigenvalue weighted by molar-refractivity contribution is -0.135. The summed E-state index contributed by atoms with van der Waals surface area (Å²) in [6.07, 6.45) is 3.09. The number of likely N-dealkylation sites (tertiary alicyclic amines) is 2. The average molecular weight is 307 g/mol. The van der Waals surface area contributed by atoms with Gasteiger partial charge in [-0.3, -0.25) is 9.69 Å². The second-order valence-corrected chi connectivity index (χ2v) is 6.32. The van der Waals surface area contributed by atoms with E-state index in [-0.39, 0.29) is 18.1 Å². The predicted molar refractivity (Wildman–Crippen MR) is 81.4 cm³/mol. The van der Waals surface area contributed by atoms with Crippen LogP contribution in [0.2, 0.25) is 0 Å². The van der Waals surface area contributed by atoms with Crippen LogP contribution in [0.25, 0.3) is 0 Å². The van der Waals surface area contributed by atoms with Crippen molar-refractivity contribution in [1.29, 1.82) is 0 Å². The van der Waals surface area contributed by atoms with Gasteiger partial charge in [0.05, 0.1) is 24.4 Å². The summed E-state index contributed by atoms with van der Waals surface area (Å²) >= 11 is 0. The summed E-state index contributed by atoms with van der Waals surface area (Å²) in [5.41, 5.74) is 0.917. The average Bonchev–Trinajstić information content (AvgIpc) is 3.20. The fraction of sp³-hybridized carbons (Fsp3) is 0.750. The van der Waals surface area contributed by atoms with Crippen molar-refractivity contribution in [1.82, 2.24) is 14.8 Å². The lowest BCUT2D eigenvalue weighted by Crippen LogP contribution is -2.44. The van der Waals surface area contributed by atoms with Crippen molar-refractivity contribution in [3.8, 4) is 0 Å². The molecule has 22 heavy (non-hydrogen) atoms. The number of methoxy groups -OCH3 is 1. The first kappa shape index (κ1) is 15.5. The largest absolute Gasteiger partial charge is 0.444 e. The summed E-state index contributed by atoms with van der Waals surface area (Å²) in [5, 5.41) is 0. The van der Waals surface area contributed by atoms with Gasteiger partial charge in [-0.15, -0.1) is 0 Å². The molecule has 0 N–H and O–H groups in total. The highest BCUT2D eigenvalue weighted by Crippen LogP contribution is 2.25. The summed E-state index contributed by atoms with van der Waals surface area (Å²) < 4.78 is 11.2. The van der Waals surface area contributed by atoms with Crippen LogP contribution in [0.5, 0.6) is 0 Å². The van der Waals surface area contributed by atoms with Gasteiger partial charge in [-0.25, -0.2) is 4.98 Å². The van der Waals surface area contributed by atoms with Crippen LogP contribution in [0, 0.1) is 13.8 Å². The summed E-state index contributed by atoms with van der Waals surface area (Å²) in [6, 6.07) is -0.115. The second kappa shape index (κ2) is 6.38. The van der Waals surface area contributed by atoms with Crippen LogP contribution >= 0.6 is 0 Å². The van der Waals surface area contributed by atoms with Gasteiger partial charge in [0.2, 0.25) is 11.8 Å². The highest BCUT2D eigenvalue weighted by Gasteiger charge is 2.40. The molecule has 0 unspecified atom stereocenters. The van der Waals surface area contributed by atoms with Crippen molar-refractivity contribution < 1.29 is 13.9 Å². The molecule has 122 valence electrons. The number of hydrogen-bond donors (Lipinski definition) is 0. The molecule has 6 heteroatoms. The van der Waals surface area contributed by atoms with Gasteiger partial charge in [0.1, 0.15) is 5.76 Å². The minimum Gasteiger partial charge on any atom is -0.444 e. The Kier molecular flexibility index (Phi) is 4.49. The maximum Gasteiger partial charge on any atom is 0.240 e. The molecule has 2 aliphatic heterocycles. The minimum absolute atomic E-state index is 0.105. The van der Waals surface area contributed by atoms with Gasteiger partial charge in [-0.1, -0.05) is 0 Å². The molecule has 1 amide bonds. The number of amides is 1. The summed E-state index contributed by atoms with van der Waals surface area (Å²) in [5.74, 6) is 1.77. The van der Waals surface area contributed by atoms with E-state index in [9.17, 15) is 4.79 Å². The fourth-order valence-corrected chi connectivity index (χ4v) is 3.39. The van der Waals surface area contributed by atoms with Crippen LogP contribution in [0.4, 0.5) is 0 Å². The van der Waals surface area contributed by atoms with Gasteiger partial charge in [0.15, 0.2) is 0 Å². The molecule has 2 fully saturated rings. The standard InChI is InChI=1S/C16H25N3O3/c1-11-12(2)22-15(17-11)10-19-9-13(21-3)8-14(19)16(20)18-6-4-5-7-18/h13-14H,4-10H2,1-3H3/t13-,14-/m0/s1. The Hall–Kier alpha value is -1.40. The maximum atomic E-state index is 12.8. The summed E-state index contributed by atoms with van der Waals surface area (Å²) in [6.45, 7) is 6.95. The van der Waals surface area contributed by atoms with E-state index in [1.807, 2.05) is 18.7 Å². The Morgan fingerprint density at radius 2 is 2.09 bits per heavy atom. The number of nitrogens with zero attached hydrogens (tertiary/aromatic N) is 3. The van der Waals surface area contributed by atoms with Crippen LogP contribution in [0.1, 0.15) is 36.6 Å². The smallest absolute Gasteiger partial charge is 0.240 e. The number of rotatable bonds is 4. The maximum absolute atomic E-state index is 12.8. The van der Waals surface area contributed by atoms with Gasteiger partial charge in [-0.2, -0.15) is 0 Å². The monoisotopic (exact) mass is 307 g/mol. The third kappa shape index (κ3) is 3.03. The summed E-state index contributed by atoms with van der Waals surface area (Å²) in [4.78, 5) is 21.3. The van der Waals surface area contributed by atoms with E-state index in [1.54, 1.807) is 7.11 Å². The third-order valence-corrected chi connectivity index (χ3v) is 4.81. The molecular formula is C16H25N3O3. The Bertz CT molecular complexity index is 517. The number of oxazole rings is 1. The van der Waals surface area contributed by atoms with E-state index in [0.29, 0.717) is 12.4 Å². The molecule has 0 aromatic carbocycles. The van der Waals surface area contributed by atoms with Crippen molar-refractivity contribution in [2.75, 3.05) is 26.7 Å². The highest BCUT2D eigenvalue weighted by molar-refractivity contribution is 5.82. The molecule has 3 rings (SSSR count). The van der Waals surface area contributed by atoms with Gasteiger partial charge < -0.3 is 14.1 Å². The molecule has 6 nitrogen and oxygen atoms in total. The predicted octanol–water partition coefficient (Wildman–Crippen LogP) is 1.50. The van der Waals surface area contributed by atoms with Gasteiger partial charge >= 0.3 is 0 Å². The lowest BCUT2D eigenvalue weighted by atomic mass is 10.1. The van der Waals surface area contributed by atoms with Crippen molar-refractivity contribution in [3.63, 3.8) is 0 Å². The molecule has 1 aromatic heterocycles. The fourth-order valence-electron chi connectivity index (χ4n) is 3.39. The van der Waals surface area contributed by atoms with E-state index >= 15 is 0 Å². The number of ether oxygens (including phenoxy) is 1. The first-order valence-electron chi connectivity index (χ1n) is 8.07. The minimum atomic E-state index is -0.115. The SMILES string of the molecule is CO[C@H]1C[C@@H](C(=O)N2CCCC2)N(Cc2nc(C)c(C)o2)C1. The van der Waals surface area contributed by atoms with Crippen LogP contribution in [-0.4, -0.2) is 59.6 Å². The Morgan fingerprint density at radius 1 is 1.36 bits per heavy atom. The van der Waals surface area contributed by atoms with Gasteiger partial charge in [0.25, 0.3) is 0 Å². The molecule has 0 radical (unpaired) electrons. The Balaban J connectivity index is 1.72. The van der Waals surface area contributed by atoms with Crippen LogP contribution in [-0.2, 0) is 16.1 Å². The van der Waals surface area contributed by atoms with Crippen LogP contribution < -0.4 is 0 Å². The number of carbonyl (C=O) groups excluding carboxylic acids is 1. The zero-order chi connectivity index (χ0) is 15.7. The van der Waals surface area contributed by atoms with Crippen molar-refractivity contribution in [2.45, 2.75) is 51.8 Å². The Labute approximate surface area is 131 Å². The molecular weight excluding hydrogens is 282 g/mol. The first-order valence-corrected chi connectivity index (χ1v) is 8.07. The highest BCUT2D eigenvalue weighted by atomic mass is 16.5. The van der Waals surface area contributed by atoms with Gasteiger partial charge in [0, 0.05) is 26.7 Å². The molecule has 0 aliphatic carbocycles. The van der Waals surface area contributed by atoms with Crippen LogP contribution in [0.3, 0.4) is 0 Å². The zero-order valence-electron chi connectivity index (χ0n) is 13.7. The van der Waals surface area contributed by atoms with E-state index in [2.05, 4.69) is 9.88 Å². The van der Waals surface area contributed by atoms with E-state index in [4.69, 9.17) is 9.15 Å². The number of hydrogen-bond acceptors (Lipinski definition) is 5.